The number of aromatic nitrogens is 2. The Morgan fingerprint density at radius 2 is 1.57 bits per heavy atom. The summed E-state index contributed by atoms with van der Waals surface area (Å²) in [6, 6.07) is 21.7. The largest absolute Gasteiger partial charge is 0.480 e. The number of benzene rings is 3. The van der Waals surface area contributed by atoms with E-state index in [1.165, 1.54) is 6.07 Å². The van der Waals surface area contributed by atoms with Gasteiger partial charge >= 0.3 is 11.9 Å². The second-order valence-electron chi connectivity index (χ2n) is 11.9. The molecule has 46 heavy (non-hydrogen) atoms. The zero-order valence-corrected chi connectivity index (χ0v) is 25.4. The van der Waals surface area contributed by atoms with E-state index in [1.807, 2.05) is 54.6 Å². The number of carboxylic acids is 1. The topological polar surface area (TPSA) is 126 Å². The molecule has 238 valence electrons. The smallest absolute Gasteiger partial charge is 0.324 e. The SMILES string of the molecule is O=C(COC(=O)C1(C(=O)O)CCN(Cc2ccc(-c3noc(-c4ccc(-c5ccccc5)c(F)c4)n3)cc2)CC1)N1CCCCC1. The van der Waals surface area contributed by atoms with Crippen molar-refractivity contribution in [3.63, 3.8) is 0 Å². The van der Waals surface area contributed by atoms with E-state index in [0.717, 1.165) is 36.0 Å². The average Bonchev–Trinajstić information content (AvgIpc) is 3.59. The Morgan fingerprint density at radius 3 is 2.24 bits per heavy atom. The van der Waals surface area contributed by atoms with Crippen LogP contribution < -0.4 is 0 Å². The van der Waals surface area contributed by atoms with Crippen LogP contribution in [0.1, 0.15) is 37.7 Å². The Bertz CT molecular complexity index is 1690. The van der Waals surface area contributed by atoms with E-state index < -0.39 is 24.0 Å². The molecule has 0 atom stereocenters. The number of hydrogen-bond donors (Lipinski definition) is 1. The standard InChI is InChI=1S/C35H35FN4O6/c36-29-21-27(13-14-28(29)25-7-3-1-4-8-25)32-37-31(38-46-32)26-11-9-24(10-12-26)22-39-19-15-35(16-20-39,33(42)43)34(44)45-23-30(41)40-17-5-2-6-18-40/h1,3-4,7-14,21H,2,5-6,15-20,22-23H2,(H,42,43). The summed E-state index contributed by atoms with van der Waals surface area (Å²) >= 11 is 0. The highest BCUT2D eigenvalue weighted by molar-refractivity contribution is 6.00. The molecule has 1 aromatic heterocycles. The first-order chi connectivity index (χ1) is 22.3. The van der Waals surface area contributed by atoms with Gasteiger partial charge in [-0.3, -0.25) is 19.3 Å². The third-order valence-electron chi connectivity index (χ3n) is 8.89. The van der Waals surface area contributed by atoms with Crippen LogP contribution in [0.3, 0.4) is 0 Å². The first-order valence-corrected chi connectivity index (χ1v) is 15.5. The molecule has 2 aliphatic heterocycles. The molecule has 3 aromatic carbocycles. The maximum Gasteiger partial charge on any atom is 0.324 e. The van der Waals surface area contributed by atoms with Gasteiger partial charge in [0.15, 0.2) is 12.0 Å². The minimum atomic E-state index is -1.66. The molecule has 2 aliphatic rings. The van der Waals surface area contributed by atoms with Gasteiger partial charge in [0, 0.05) is 49.4 Å². The number of likely N-dealkylation sites (tertiary alicyclic amines) is 2. The van der Waals surface area contributed by atoms with E-state index in [-0.39, 0.29) is 30.5 Å². The minimum absolute atomic E-state index is 0.0930. The van der Waals surface area contributed by atoms with Crippen LogP contribution in [0.15, 0.2) is 77.3 Å². The molecule has 6 rings (SSSR count). The quantitative estimate of drug-likeness (QED) is 0.191. The van der Waals surface area contributed by atoms with E-state index in [4.69, 9.17) is 9.26 Å². The normalized spacial score (nSPS) is 16.6. The molecule has 1 amide bonds. The second kappa shape index (κ2) is 13.6. The van der Waals surface area contributed by atoms with Crippen LogP contribution in [0, 0.1) is 11.2 Å². The van der Waals surface area contributed by atoms with E-state index >= 15 is 0 Å². The lowest BCUT2D eigenvalue weighted by Gasteiger charge is -2.37. The van der Waals surface area contributed by atoms with Crippen molar-refractivity contribution in [2.75, 3.05) is 32.8 Å². The monoisotopic (exact) mass is 626 g/mol. The number of hydrogen-bond acceptors (Lipinski definition) is 8. The van der Waals surface area contributed by atoms with E-state index in [9.17, 15) is 23.9 Å². The van der Waals surface area contributed by atoms with Crippen molar-refractivity contribution < 1.29 is 33.1 Å². The lowest BCUT2D eigenvalue weighted by molar-refractivity contribution is -0.175. The molecule has 0 bridgehead atoms. The number of carbonyl (C=O) groups is 3. The number of carbonyl (C=O) groups excluding carboxylic acids is 2. The van der Waals surface area contributed by atoms with Crippen molar-refractivity contribution in [3.8, 4) is 34.0 Å². The van der Waals surface area contributed by atoms with Crippen LogP contribution in [0.25, 0.3) is 34.0 Å². The van der Waals surface area contributed by atoms with Crippen molar-refractivity contribution in [2.24, 2.45) is 5.41 Å². The first-order valence-electron chi connectivity index (χ1n) is 15.5. The van der Waals surface area contributed by atoms with Gasteiger partial charge in [0.25, 0.3) is 11.8 Å². The van der Waals surface area contributed by atoms with Gasteiger partial charge in [-0.25, -0.2) is 4.39 Å². The van der Waals surface area contributed by atoms with Crippen LogP contribution in [0.4, 0.5) is 4.39 Å². The average molecular weight is 627 g/mol. The summed E-state index contributed by atoms with van der Waals surface area (Å²) in [7, 11) is 0. The Balaban J connectivity index is 1.04. The number of rotatable bonds is 9. The number of aliphatic carboxylic acids is 1. The number of halogens is 1. The zero-order valence-electron chi connectivity index (χ0n) is 25.4. The number of piperidine rings is 2. The van der Waals surface area contributed by atoms with Crippen LogP contribution in [-0.2, 0) is 25.7 Å². The highest BCUT2D eigenvalue weighted by Crippen LogP contribution is 2.34. The number of amides is 1. The third-order valence-corrected chi connectivity index (χ3v) is 8.89. The van der Waals surface area contributed by atoms with Crippen LogP contribution in [0.5, 0.6) is 0 Å². The van der Waals surface area contributed by atoms with Crippen molar-refractivity contribution >= 4 is 17.8 Å². The molecule has 3 heterocycles. The lowest BCUT2D eigenvalue weighted by Crippen LogP contribution is -2.50. The van der Waals surface area contributed by atoms with Crippen molar-refractivity contribution in [3.05, 3.63) is 84.2 Å². The van der Waals surface area contributed by atoms with Gasteiger partial charge < -0.3 is 19.3 Å². The number of esters is 1. The van der Waals surface area contributed by atoms with E-state index in [2.05, 4.69) is 15.0 Å². The molecule has 2 saturated heterocycles. The van der Waals surface area contributed by atoms with Gasteiger partial charge in [0.1, 0.15) is 5.82 Å². The second-order valence-corrected chi connectivity index (χ2v) is 11.9. The fraction of sp³-hybridized carbons (Fsp3) is 0.343. The van der Waals surface area contributed by atoms with Crippen molar-refractivity contribution in [1.82, 2.24) is 19.9 Å². The fourth-order valence-electron chi connectivity index (χ4n) is 6.07. The van der Waals surface area contributed by atoms with Gasteiger partial charge in [0.05, 0.1) is 0 Å². The Hall–Kier alpha value is -4.90. The molecular weight excluding hydrogens is 591 g/mol. The zero-order chi connectivity index (χ0) is 32.1. The predicted molar refractivity (Wildman–Crippen MR) is 167 cm³/mol. The fourth-order valence-corrected chi connectivity index (χ4v) is 6.07. The van der Waals surface area contributed by atoms with Gasteiger partial charge in [0.2, 0.25) is 5.82 Å². The summed E-state index contributed by atoms with van der Waals surface area (Å²) < 4.78 is 25.6. The number of nitrogens with zero attached hydrogens (tertiary/aromatic N) is 4. The molecule has 0 spiro atoms. The summed E-state index contributed by atoms with van der Waals surface area (Å²) in [5.74, 6) is -2.15. The molecule has 0 unspecified atom stereocenters. The number of ether oxygens (including phenoxy) is 1. The molecule has 4 aromatic rings. The Kier molecular flexibility index (Phi) is 9.20. The van der Waals surface area contributed by atoms with Crippen molar-refractivity contribution in [1.29, 1.82) is 0 Å². The summed E-state index contributed by atoms with van der Waals surface area (Å²) in [6.07, 6.45) is 3.09. The van der Waals surface area contributed by atoms with Crippen LogP contribution >= 0.6 is 0 Å². The molecule has 0 radical (unpaired) electrons. The highest BCUT2D eigenvalue weighted by Gasteiger charge is 2.50. The van der Waals surface area contributed by atoms with Crippen LogP contribution in [0.2, 0.25) is 0 Å². The summed E-state index contributed by atoms with van der Waals surface area (Å²) in [5, 5.41) is 14.1. The molecule has 10 nitrogen and oxygen atoms in total. The van der Waals surface area contributed by atoms with Crippen molar-refractivity contribution in [2.45, 2.75) is 38.6 Å². The molecule has 2 fully saturated rings. The predicted octanol–water partition coefficient (Wildman–Crippen LogP) is 5.43. The van der Waals surface area contributed by atoms with Crippen LogP contribution in [-0.4, -0.2) is 75.7 Å². The molecular formula is C35H35FN4O6. The highest BCUT2D eigenvalue weighted by atomic mass is 19.1. The molecule has 0 saturated carbocycles. The summed E-state index contributed by atoms with van der Waals surface area (Å²) in [4.78, 5) is 45.8. The molecule has 11 heteroatoms. The first kappa shape index (κ1) is 31.1. The van der Waals surface area contributed by atoms with Gasteiger partial charge in [-0.15, -0.1) is 0 Å². The molecule has 0 aliphatic carbocycles. The minimum Gasteiger partial charge on any atom is -0.480 e. The lowest BCUT2D eigenvalue weighted by atomic mass is 9.78. The van der Waals surface area contributed by atoms with Gasteiger partial charge in [-0.05, 0) is 55.4 Å². The molecule has 1 N–H and O–H groups in total. The third kappa shape index (κ3) is 6.69. The van der Waals surface area contributed by atoms with E-state index in [0.29, 0.717) is 49.7 Å². The Labute approximate surface area is 265 Å². The number of carboxylic acid groups (broad SMARTS) is 1. The maximum atomic E-state index is 14.9. The Morgan fingerprint density at radius 1 is 0.870 bits per heavy atom. The van der Waals surface area contributed by atoms with Gasteiger partial charge in [-0.1, -0.05) is 65.8 Å². The maximum absolute atomic E-state index is 14.9. The summed E-state index contributed by atoms with van der Waals surface area (Å²) in [6.45, 7) is 2.18. The van der Waals surface area contributed by atoms with Gasteiger partial charge in [-0.2, -0.15) is 4.98 Å². The summed E-state index contributed by atoms with van der Waals surface area (Å²) in [5.41, 5.74) is 1.80. The van der Waals surface area contributed by atoms with E-state index in [1.54, 1.807) is 17.0 Å².